The van der Waals surface area contributed by atoms with Gasteiger partial charge in [0.1, 0.15) is 0 Å². The van der Waals surface area contributed by atoms with Gasteiger partial charge in [-0.15, -0.1) is 0 Å². The third-order valence-corrected chi connectivity index (χ3v) is 0.515. The monoisotopic (exact) mass is 147 g/mol. The lowest BCUT2D eigenvalue weighted by Crippen LogP contribution is -2.30. The van der Waals surface area contributed by atoms with Gasteiger partial charge in [0, 0.05) is 11.8 Å². The van der Waals surface area contributed by atoms with E-state index in [1.165, 1.54) is 0 Å². The van der Waals surface area contributed by atoms with E-state index in [0.29, 0.717) is 0 Å². The van der Waals surface area contributed by atoms with E-state index in [4.69, 9.17) is 0 Å². The highest BCUT2D eigenvalue weighted by molar-refractivity contribution is 6.22. The lowest BCUT2D eigenvalue weighted by atomic mass is 10.6. The van der Waals surface area contributed by atoms with Crippen molar-refractivity contribution in [2.45, 2.75) is 6.18 Å². The highest BCUT2D eigenvalue weighted by Gasteiger charge is 2.38. The molecule has 6 heteroatoms. The van der Waals surface area contributed by atoms with E-state index in [1.807, 2.05) is 0 Å². The standard InChI is InChI=1S/C2HClF3NO/c3-7-1(8)2(4,5)6/h(H,7,8). The summed E-state index contributed by atoms with van der Waals surface area (Å²) in [5, 5.41) is 0. The maximum atomic E-state index is 11.0. The largest absolute Gasteiger partial charge is 0.472 e. The number of hydrogen-bond acceptors (Lipinski definition) is 1. The summed E-state index contributed by atoms with van der Waals surface area (Å²) in [5.74, 6) is -2.15. The van der Waals surface area contributed by atoms with Crippen LogP contribution in [-0.4, -0.2) is 12.1 Å². The van der Waals surface area contributed by atoms with Gasteiger partial charge in [-0.05, 0) is 0 Å². The fourth-order valence-electron chi connectivity index (χ4n) is 0.0536. The van der Waals surface area contributed by atoms with Gasteiger partial charge in [0.25, 0.3) is 0 Å². The average Bonchev–Trinajstić information content (AvgIpc) is 1.62. The number of hydrogen-bond donors (Lipinski definition) is 1. The number of carbonyl (C=O) groups is 1. The number of halogens is 4. The first-order valence-electron chi connectivity index (χ1n) is 1.46. The van der Waals surface area contributed by atoms with E-state index in [9.17, 15) is 18.0 Å². The maximum Gasteiger partial charge on any atom is 0.472 e. The zero-order chi connectivity index (χ0) is 6.78. The predicted octanol–water partition coefficient (Wildman–Crippen LogP) is 0.819. The minimum Gasteiger partial charge on any atom is -0.263 e. The van der Waals surface area contributed by atoms with Crippen LogP contribution in [0.25, 0.3) is 0 Å². The zero-order valence-corrected chi connectivity index (χ0v) is 4.18. The van der Waals surface area contributed by atoms with Crippen molar-refractivity contribution in [3.8, 4) is 0 Å². The molecule has 0 aromatic heterocycles. The molecule has 0 radical (unpaired) electrons. The van der Waals surface area contributed by atoms with Crippen molar-refractivity contribution in [1.29, 1.82) is 0 Å². The summed E-state index contributed by atoms with van der Waals surface area (Å²) in [6.07, 6.45) is -4.87. The second kappa shape index (κ2) is 2.21. The molecule has 2 nitrogen and oxygen atoms in total. The lowest BCUT2D eigenvalue weighted by molar-refractivity contribution is -0.171. The Hall–Kier alpha value is -0.450. The molecule has 0 saturated carbocycles. The van der Waals surface area contributed by atoms with Crippen LogP contribution in [0, 0.1) is 0 Å². The number of amides is 1. The molecule has 1 amide bonds. The topological polar surface area (TPSA) is 29.1 Å². The Morgan fingerprint density at radius 1 is 1.50 bits per heavy atom. The van der Waals surface area contributed by atoms with E-state index in [0.717, 1.165) is 4.84 Å². The molecule has 0 rings (SSSR count). The van der Waals surface area contributed by atoms with Crippen LogP contribution in [0.1, 0.15) is 0 Å². The molecule has 48 valence electrons. The summed E-state index contributed by atoms with van der Waals surface area (Å²) < 4.78 is 32.9. The summed E-state index contributed by atoms with van der Waals surface area (Å²) in [6.45, 7) is 0. The van der Waals surface area contributed by atoms with Gasteiger partial charge in [-0.3, -0.25) is 9.63 Å². The Kier molecular flexibility index (Phi) is 2.09. The maximum absolute atomic E-state index is 11.0. The number of rotatable bonds is 0. The average molecular weight is 147 g/mol. The Morgan fingerprint density at radius 2 is 1.88 bits per heavy atom. The van der Waals surface area contributed by atoms with Crippen LogP contribution in [0.3, 0.4) is 0 Å². The quantitative estimate of drug-likeness (QED) is 0.505. The van der Waals surface area contributed by atoms with Gasteiger partial charge in [0.05, 0.1) is 0 Å². The van der Waals surface area contributed by atoms with Crippen molar-refractivity contribution in [3.63, 3.8) is 0 Å². The molecule has 0 aliphatic rings. The van der Waals surface area contributed by atoms with Crippen LogP contribution in [0.4, 0.5) is 13.2 Å². The van der Waals surface area contributed by atoms with Gasteiger partial charge in [0.2, 0.25) is 0 Å². The molecule has 0 saturated heterocycles. The minimum atomic E-state index is -4.87. The van der Waals surface area contributed by atoms with Crippen LogP contribution in [0.2, 0.25) is 0 Å². The van der Waals surface area contributed by atoms with Gasteiger partial charge >= 0.3 is 12.1 Å². The van der Waals surface area contributed by atoms with Crippen molar-refractivity contribution in [3.05, 3.63) is 0 Å². The van der Waals surface area contributed by atoms with Crippen LogP contribution < -0.4 is 4.84 Å². The van der Waals surface area contributed by atoms with E-state index in [-0.39, 0.29) is 0 Å². The first-order chi connectivity index (χ1) is 3.48. The SMILES string of the molecule is O=C(NCl)C(F)(F)F. The summed E-state index contributed by atoms with van der Waals surface area (Å²) in [7, 11) is 0. The smallest absolute Gasteiger partial charge is 0.263 e. The number of carbonyl (C=O) groups excluding carboxylic acids is 1. The van der Waals surface area contributed by atoms with Crippen LogP contribution in [0.15, 0.2) is 0 Å². The van der Waals surface area contributed by atoms with Gasteiger partial charge < -0.3 is 0 Å². The summed E-state index contributed by atoms with van der Waals surface area (Å²) in [6, 6.07) is 0. The minimum absolute atomic E-state index is 0.913. The molecular weight excluding hydrogens is 146 g/mol. The molecule has 0 fully saturated rings. The van der Waals surface area contributed by atoms with E-state index in [1.54, 1.807) is 0 Å². The zero-order valence-electron chi connectivity index (χ0n) is 3.42. The molecule has 0 bridgehead atoms. The number of alkyl halides is 3. The third kappa shape index (κ3) is 2.02. The summed E-state index contributed by atoms with van der Waals surface area (Å²) >= 11 is 4.32. The molecule has 0 aliphatic carbocycles. The van der Waals surface area contributed by atoms with Crippen molar-refractivity contribution >= 4 is 17.7 Å². The van der Waals surface area contributed by atoms with Crippen molar-refractivity contribution < 1.29 is 18.0 Å². The first kappa shape index (κ1) is 7.55. The van der Waals surface area contributed by atoms with Crippen molar-refractivity contribution in [2.75, 3.05) is 0 Å². The highest BCUT2D eigenvalue weighted by Crippen LogP contribution is 2.13. The number of nitrogens with one attached hydrogen (secondary N) is 1. The van der Waals surface area contributed by atoms with Gasteiger partial charge in [-0.2, -0.15) is 13.2 Å². The van der Waals surface area contributed by atoms with E-state index in [2.05, 4.69) is 11.8 Å². The molecule has 8 heavy (non-hydrogen) atoms. The molecule has 1 N–H and O–H groups in total. The van der Waals surface area contributed by atoms with Gasteiger partial charge in [-0.1, -0.05) is 0 Å². The Bertz CT molecular complexity index is 99.9. The predicted molar refractivity (Wildman–Crippen MR) is 20.1 cm³/mol. The second-order valence-electron chi connectivity index (χ2n) is 0.921. The molecule has 0 aliphatic heterocycles. The summed E-state index contributed by atoms with van der Waals surface area (Å²) in [4.78, 5) is 10.4. The fourth-order valence-corrected chi connectivity index (χ4v) is 0.161. The normalized spacial score (nSPS) is 11.0. The third-order valence-electron chi connectivity index (χ3n) is 0.343. The molecule has 0 heterocycles. The lowest BCUT2D eigenvalue weighted by Gasteiger charge is -1.99. The van der Waals surface area contributed by atoms with E-state index >= 15 is 0 Å². The van der Waals surface area contributed by atoms with Gasteiger partial charge in [-0.25, -0.2) is 0 Å². The molecular formula is C2HClF3NO. The van der Waals surface area contributed by atoms with E-state index < -0.39 is 12.1 Å². The van der Waals surface area contributed by atoms with Crippen LogP contribution in [0.5, 0.6) is 0 Å². The Morgan fingerprint density at radius 3 is 1.88 bits per heavy atom. The van der Waals surface area contributed by atoms with Crippen molar-refractivity contribution in [2.24, 2.45) is 0 Å². The fraction of sp³-hybridized carbons (Fsp3) is 0.500. The first-order valence-corrected chi connectivity index (χ1v) is 1.84. The van der Waals surface area contributed by atoms with Crippen LogP contribution >= 0.6 is 11.8 Å². The molecule has 0 aromatic rings. The molecule has 0 aromatic carbocycles. The summed E-state index contributed by atoms with van der Waals surface area (Å²) in [5.41, 5.74) is 0. The second-order valence-corrected chi connectivity index (χ2v) is 1.11. The van der Waals surface area contributed by atoms with Crippen LogP contribution in [-0.2, 0) is 4.79 Å². The molecule has 0 unspecified atom stereocenters. The van der Waals surface area contributed by atoms with Crippen molar-refractivity contribution in [1.82, 2.24) is 4.84 Å². The molecule has 0 atom stereocenters. The Balaban J connectivity index is 3.82. The Labute approximate surface area is 47.7 Å². The van der Waals surface area contributed by atoms with Gasteiger partial charge in [0.15, 0.2) is 0 Å². The molecule has 0 spiro atoms. The highest BCUT2D eigenvalue weighted by atomic mass is 35.5.